The van der Waals surface area contributed by atoms with Crippen LogP contribution in [0.4, 0.5) is 5.82 Å². The molecule has 5 atom stereocenters. The fourth-order valence-electron chi connectivity index (χ4n) is 3.99. The third kappa shape index (κ3) is 8.42. The van der Waals surface area contributed by atoms with Crippen molar-refractivity contribution in [2.24, 2.45) is 0 Å². The lowest BCUT2D eigenvalue weighted by Gasteiger charge is -2.35. The van der Waals surface area contributed by atoms with E-state index in [1.807, 2.05) is 63.2 Å². The summed E-state index contributed by atoms with van der Waals surface area (Å²) in [7, 11) is -3.14. The van der Waals surface area contributed by atoms with Crippen LogP contribution in [0.5, 0.6) is 5.75 Å². The van der Waals surface area contributed by atoms with Crippen LogP contribution >= 0.6 is 7.49 Å². The summed E-state index contributed by atoms with van der Waals surface area (Å²) in [5, 5.41) is 15.8. The number of aliphatic hydroxyl groups is 1. The molecule has 3 aromatic rings. The van der Waals surface area contributed by atoms with E-state index in [1.54, 1.807) is 13.8 Å². The van der Waals surface area contributed by atoms with Gasteiger partial charge in [0.25, 0.3) is 0 Å². The fourth-order valence-corrected chi connectivity index (χ4v) is 6.01. The zero-order valence-corrected chi connectivity index (χ0v) is 24.0. The summed E-state index contributed by atoms with van der Waals surface area (Å²) in [4.78, 5) is 15.8. The van der Waals surface area contributed by atoms with Crippen LogP contribution in [0.15, 0.2) is 71.9 Å². The highest BCUT2D eigenvalue weighted by Crippen LogP contribution is 2.48. The second kappa shape index (κ2) is 13.3. The summed E-state index contributed by atoms with van der Waals surface area (Å²) in [5.41, 5.74) is 5.01. The second-order valence-electron chi connectivity index (χ2n) is 9.64. The first kappa shape index (κ1) is 30.4. The van der Waals surface area contributed by atoms with Crippen molar-refractivity contribution < 1.29 is 23.6 Å². The number of anilines is 1. The number of hydrogen-bond acceptors (Lipinski definition) is 9. The maximum atomic E-state index is 12.1. The minimum absolute atomic E-state index is 0.0580. The van der Waals surface area contributed by atoms with E-state index in [0.29, 0.717) is 11.5 Å². The van der Waals surface area contributed by atoms with Gasteiger partial charge in [0.2, 0.25) is 7.49 Å². The fraction of sp³-hybridized carbons (Fsp3) is 0.393. The van der Waals surface area contributed by atoms with Crippen molar-refractivity contribution in [3.05, 3.63) is 77.6 Å². The van der Waals surface area contributed by atoms with Gasteiger partial charge in [0.05, 0.1) is 24.4 Å². The zero-order chi connectivity index (χ0) is 28.7. The van der Waals surface area contributed by atoms with E-state index < -0.39 is 31.5 Å². The van der Waals surface area contributed by atoms with Crippen LogP contribution < -0.4 is 21.0 Å². The number of nitrogens with two attached hydrogens (primary N) is 1. The molecule has 0 saturated carbocycles. The molecule has 10 nitrogen and oxygen atoms in total. The van der Waals surface area contributed by atoms with E-state index in [-0.39, 0.29) is 24.7 Å². The number of nitrogens with one attached hydrogen (secondary N) is 1. The summed E-state index contributed by atoms with van der Waals surface area (Å²) < 4.78 is 25.9. The number of benzene rings is 2. The Kier molecular flexibility index (Phi) is 10.4. The molecule has 4 unspecified atom stereocenters. The lowest BCUT2D eigenvalue weighted by molar-refractivity contribution is -0.104. The molecule has 212 valence electrons. The minimum atomic E-state index is -3.14. The Bertz CT molecular complexity index is 1370. The lowest BCUT2D eigenvalue weighted by Crippen LogP contribution is -2.41. The van der Waals surface area contributed by atoms with Crippen molar-refractivity contribution in [3.63, 3.8) is 0 Å². The van der Waals surface area contributed by atoms with Crippen molar-refractivity contribution in [3.8, 4) is 5.75 Å². The molecule has 2 aromatic carbocycles. The maximum absolute atomic E-state index is 12.1. The van der Waals surface area contributed by atoms with Gasteiger partial charge in [0.1, 0.15) is 30.2 Å². The van der Waals surface area contributed by atoms with Crippen LogP contribution in [0.1, 0.15) is 34.6 Å². The number of fused-ring (bicyclic) bond motifs is 1. The maximum Gasteiger partial charge on any atom is 0.351 e. The smallest absolute Gasteiger partial charge is 0.351 e. The standard InChI is InChI=1S/C28H39N4O6P/c1-18(2)36-21(5)19(3)31-39(7,38-25-14-10-12-23-11-8-9-13-24(23)25)37-22(6)27(20(4)33)35-17-32-16-15-26(29)30-28(32)34/h8-16,18-20,22,27,31,33H,5,7,17H2,1-4,6H3,(H2,29,30,34)/t19?,20?,22?,27-,39?/m0/s1. The largest absolute Gasteiger partial charge is 0.494 e. The van der Waals surface area contributed by atoms with Gasteiger partial charge in [-0.05, 0) is 58.4 Å². The minimum Gasteiger partial charge on any atom is -0.494 e. The van der Waals surface area contributed by atoms with Gasteiger partial charge in [0.15, 0.2) is 0 Å². The molecule has 0 aliphatic carbocycles. The number of nitrogen functional groups attached to an aromatic ring is 1. The summed E-state index contributed by atoms with van der Waals surface area (Å²) in [6, 6.07) is 14.7. The molecule has 1 heterocycles. The molecular weight excluding hydrogens is 519 g/mol. The Morgan fingerprint density at radius 1 is 1.13 bits per heavy atom. The first-order valence-electron chi connectivity index (χ1n) is 12.7. The predicted octanol–water partition coefficient (Wildman–Crippen LogP) is 4.30. The van der Waals surface area contributed by atoms with Gasteiger partial charge < -0.3 is 29.4 Å². The third-order valence-corrected chi connectivity index (χ3v) is 7.78. The molecule has 0 radical (unpaired) electrons. The normalized spacial score (nSPS) is 16.3. The van der Waals surface area contributed by atoms with Gasteiger partial charge in [-0.3, -0.25) is 4.57 Å². The Hall–Kier alpha value is -3.14. The zero-order valence-electron chi connectivity index (χ0n) is 23.1. The quantitative estimate of drug-likeness (QED) is 0.196. The Balaban J connectivity index is 1.87. The van der Waals surface area contributed by atoms with Gasteiger partial charge in [-0.25, -0.2) is 9.88 Å². The van der Waals surface area contributed by atoms with Gasteiger partial charge in [0, 0.05) is 11.6 Å². The van der Waals surface area contributed by atoms with E-state index >= 15 is 0 Å². The highest BCUT2D eigenvalue weighted by Gasteiger charge is 2.32. The molecular formula is C28H39N4O6P. The number of aliphatic hydroxyl groups excluding tert-OH is 1. The predicted molar refractivity (Wildman–Crippen MR) is 157 cm³/mol. The number of aromatic nitrogens is 2. The summed E-state index contributed by atoms with van der Waals surface area (Å²) in [6.07, 6.45) is 3.27. The molecule has 0 fully saturated rings. The molecule has 0 amide bonds. The summed E-state index contributed by atoms with van der Waals surface area (Å²) in [5.74, 6) is 1.21. The van der Waals surface area contributed by atoms with Gasteiger partial charge in [-0.2, -0.15) is 4.98 Å². The average molecular weight is 559 g/mol. The van der Waals surface area contributed by atoms with E-state index in [9.17, 15) is 9.90 Å². The van der Waals surface area contributed by atoms with Gasteiger partial charge >= 0.3 is 5.69 Å². The topological polar surface area (TPSA) is 130 Å². The van der Waals surface area contributed by atoms with Crippen LogP contribution in [0.25, 0.3) is 10.8 Å². The van der Waals surface area contributed by atoms with E-state index in [0.717, 1.165) is 10.8 Å². The highest BCUT2D eigenvalue weighted by atomic mass is 31.2. The monoisotopic (exact) mass is 558 g/mol. The number of ether oxygens (including phenoxy) is 2. The molecule has 0 saturated heterocycles. The molecule has 4 N–H and O–H groups in total. The second-order valence-corrected chi connectivity index (χ2v) is 11.6. The van der Waals surface area contributed by atoms with Crippen LogP contribution in [0.3, 0.4) is 0 Å². The van der Waals surface area contributed by atoms with Crippen molar-refractivity contribution in [2.45, 2.75) is 71.8 Å². The van der Waals surface area contributed by atoms with Crippen molar-refractivity contribution in [1.29, 1.82) is 0 Å². The Morgan fingerprint density at radius 2 is 1.82 bits per heavy atom. The molecule has 0 aliphatic rings. The molecule has 0 spiro atoms. The van der Waals surface area contributed by atoms with E-state index in [2.05, 4.69) is 22.9 Å². The molecule has 39 heavy (non-hydrogen) atoms. The van der Waals surface area contributed by atoms with Crippen LogP contribution in [-0.4, -0.2) is 51.4 Å². The van der Waals surface area contributed by atoms with Crippen molar-refractivity contribution in [1.82, 2.24) is 14.6 Å². The van der Waals surface area contributed by atoms with Crippen LogP contribution in [-0.2, 0) is 20.7 Å². The van der Waals surface area contributed by atoms with Crippen LogP contribution in [0, 0.1) is 0 Å². The first-order valence-corrected chi connectivity index (χ1v) is 14.5. The molecule has 0 aliphatic heterocycles. The summed E-state index contributed by atoms with van der Waals surface area (Å²) in [6.45, 7) is 12.9. The average Bonchev–Trinajstić information content (AvgIpc) is 2.84. The summed E-state index contributed by atoms with van der Waals surface area (Å²) >= 11 is 0. The van der Waals surface area contributed by atoms with Gasteiger partial charge in [-0.15, -0.1) is 0 Å². The van der Waals surface area contributed by atoms with E-state index in [4.69, 9.17) is 24.3 Å². The number of hydrogen-bond donors (Lipinski definition) is 3. The molecule has 0 bridgehead atoms. The van der Waals surface area contributed by atoms with Crippen LogP contribution in [0.2, 0.25) is 0 Å². The Labute approximate surface area is 229 Å². The SMILES string of the molecule is C=C(OC(C)C)C(C)NP(=C)(Oc1cccc2ccccc12)OC(C)[C@@H](OCn1ccc(N)nc1=O)C(C)O. The molecule has 3 rings (SSSR count). The van der Waals surface area contributed by atoms with E-state index in [1.165, 1.54) is 16.8 Å². The van der Waals surface area contributed by atoms with Gasteiger partial charge in [-0.1, -0.05) is 43.0 Å². The number of rotatable bonds is 14. The first-order chi connectivity index (χ1) is 18.4. The molecule has 1 aromatic heterocycles. The van der Waals surface area contributed by atoms with Crippen molar-refractivity contribution >= 4 is 30.4 Å². The Morgan fingerprint density at radius 3 is 2.49 bits per heavy atom. The number of nitrogens with zero attached hydrogens (tertiary/aromatic N) is 2. The lowest BCUT2D eigenvalue weighted by atomic mass is 10.1. The highest BCUT2D eigenvalue weighted by molar-refractivity contribution is 7.62. The molecule has 11 heteroatoms. The third-order valence-electron chi connectivity index (χ3n) is 5.83. The van der Waals surface area contributed by atoms with Crippen molar-refractivity contribution in [2.75, 3.05) is 5.73 Å².